The molecule has 23 heavy (non-hydrogen) atoms. The van der Waals surface area contributed by atoms with Gasteiger partial charge in [-0.1, -0.05) is 0 Å². The maximum Gasteiger partial charge on any atom is 0.212 e. The first kappa shape index (κ1) is 13.6. The molecule has 0 fully saturated rings. The first-order chi connectivity index (χ1) is 11.2. The number of phenolic OH excluding ortho intramolecular Hbond substituents is 1. The molecule has 0 spiro atoms. The number of aromatic hydroxyl groups is 1. The Hall–Kier alpha value is -3.08. The van der Waals surface area contributed by atoms with Gasteiger partial charge in [0.15, 0.2) is 11.5 Å². The van der Waals surface area contributed by atoms with Gasteiger partial charge in [-0.15, -0.1) is 0 Å². The summed E-state index contributed by atoms with van der Waals surface area (Å²) >= 11 is 0. The van der Waals surface area contributed by atoms with Crippen molar-refractivity contribution in [2.75, 3.05) is 14.2 Å². The predicted octanol–water partition coefficient (Wildman–Crippen LogP) is 3.17. The van der Waals surface area contributed by atoms with Crippen LogP contribution in [-0.2, 0) is 0 Å². The van der Waals surface area contributed by atoms with E-state index >= 15 is 0 Å². The van der Waals surface area contributed by atoms with Crippen molar-refractivity contribution in [3.63, 3.8) is 0 Å². The summed E-state index contributed by atoms with van der Waals surface area (Å²) in [6, 6.07) is 8.71. The van der Waals surface area contributed by atoms with E-state index in [0.717, 1.165) is 5.39 Å². The van der Waals surface area contributed by atoms with Crippen LogP contribution in [0.5, 0.6) is 17.2 Å². The SMILES string of the molecule is COc1ccc2c(c1)C(=O)c1nccc3cc(OC)c(O)c-2c13. The van der Waals surface area contributed by atoms with Gasteiger partial charge in [0.25, 0.3) is 0 Å². The van der Waals surface area contributed by atoms with Crippen molar-refractivity contribution in [3.8, 4) is 28.4 Å². The molecule has 0 saturated heterocycles. The molecule has 1 aromatic heterocycles. The fourth-order valence-corrected chi connectivity index (χ4v) is 3.08. The Morgan fingerprint density at radius 1 is 1.04 bits per heavy atom. The van der Waals surface area contributed by atoms with Crippen molar-refractivity contribution in [2.24, 2.45) is 0 Å². The summed E-state index contributed by atoms with van der Waals surface area (Å²) in [5.74, 6) is 0.769. The highest BCUT2D eigenvalue weighted by Crippen LogP contribution is 2.48. The molecule has 0 aliphatic heterocycles. The van der Waals surface area contributed by atoms with E-state index in [9.17, 15) is 9.90 Å². The van der Waals surface area contributed by atoms with Gasteiger partial charge in [-0.3, -0.25) is 9.78 Å². The Balaban J connectivity index is 2.20. The second-order valence-corrected chi connectivity index (χ2v) is 5.30. The molecule has 1 aliphatic rings. The molecule has 0 saturated carbocycles. The third-order valence-corrected chi connectivity index (χ3v) is 4.17. The highest BCUT2D eigenvalue weighted by atomic mass is 16.5. The van der Waals surface area contributed by atoms with E-state index in [4.69, 9.17) is 9.47 Å². The highest BCUT2D eigenvalue weighted by Gasteiger charge is 2.30. The second-order valence-electron chi connectivity index (χ2n) is 5.30. The molecule has 0 atom stereocenters. The molecule has 5 nitrogen and oxygen atoms in total. The van der Waals surface area contributed by atoms with Gasteiger partial charge in [0.05, 0.1) is 14.2 Å². The van der Waals surface area contributed by atoms with Crippen molar-refractivity contribution in [2.45, 2.75) is 0 Å². The van der Waals surface area contributed by atoms with Crippen molar-refractivity contribution in [1.82, 2.24) is 4.98 Å². The van der Waals surface area contributed by atoms with Crippen LogP contribution in [-0.4, -0.2) is 30.1 Å². The van der Waals surface area contributed by atoms with E-state index in [0.29, 0.717) is 39.3 Å². The van der Waals surface area contributed by atoms with Crippen LogP contribution in [0.25, 0.3) is 21.9 Å². The van der Waals surface area contributed by atoms with Crippen LogP contribution < -0.4 is 9.47 Å². The summed E-state index contributed by atoms with van der Waals surface area (Å²) in [4.78, 5) is 17.0. The number of rotatable bonds is 2. The zero-order valence-corrected chi connectivity index (χ0v) is 12.6. The first-order valence-electron chi connectivity index (χ1n) is 7.07. The zero-order valence-electron chi connectivity index (χ0n) is 12.6. The minimum atomic E-state index is -0.179. The predicted molar refractivity (Wildman–Crippen MR) is 85.4 cm³/mol. The summed E-state index contributed by atoms with van der Waals surface area (Å²) in [7, 11) is 3.04. The van der Waals surface area contributed by atoms with Crippen LogP contribution in [0.15, 0.2) is 36.5 Å². The van der Waals surface area contributed by atoms with E-state index in [1.54, 1.807) is 43.6 Å². The maximum atomic E-state index is 12.8. The molecule has 114 valence electrons. The lowest BCUT2D eigenvalue weighted by molar-refractivity contribution is 0.103. The molecule has 0 unspecified atom stereocenters. The van der Waals surface area contributed by atoms with E-state index in [-0.39, 0.29) is 11.5 Å². The van der Waals surface area contributed by atoms with Gasteiger partial charge in [0, 0.05) is 22.7 Å². The summed E-state index contributed by atoms with van der Waals surface area (Å²) in [5.41, 5.74) is 2.01. The highest BCUT2D eigenvalue weighted by molar-refractivity contribution is 6.26. The van der Waals surface area contributed by atoms with Crippen LogP contribution in [0.4, 0.5) is 0 Å². The van der Waals surface area contributed by atoms with Crippen LogP contribution >= 0.6 is 0 Å². The van der Waals surface area contributed by atoms with Gasteiger partial charge in [0.2, 0.25) is 5.78 Å². The number of phenols is 1. The lowest BCUT2D eigenvalue weighted by Gasteiger charge is -2.21. The van der Waals surface area contributed by atoms with E-state index in [1.807, 2.05) is 0 Å². The monoisotopic (exact) mass is 307 g/mol. The first-order valence-corrected chi connectivity index (χ1v) is 7.07. The van der Waals surface area contributed by atoms with Crippen molar-refractivity contribution < 1.29 is 19.4 Å². The number of carbonyl (C=O) groups is 1. The number of methoxy groups -OCH3 is 2. The number of hydrogen-bond donors (Lipinski definition) is 1. The molecular weight excluding hydrogens is 294 g/mol. The molecule has 0 radical (unpaired) electrons. The number of pyridine rings is 1. The molecule has 4 rings (SSSR count). The van der Waals surface area contributed by atoms with Crippen molar-refractivity contribution in [3.05, 3.63) is 47.8 Å². The molecule has 0 amide bonds. The number of carbonyl (C=O) groups excluding carboxylic acids is 1. The topological polar surface area (TPSA) is 68.7 Å². The fourth-order valence-electron chi connectivity index (χ4n) is 3.08. The molecule has 2 aromatic carbocycles. The molecule has 1 aliphatic carbocycles. The second kappa shape index (κ2) is 4.71. The average Bonchev–Trinajstić information content (AvgIpc) is 2.59. The van der Waals surface area contributed by atoms with E-state index < -0.39 is 0 Å². The van der Waals surface area contributed by atoms with Gasteiger partial charge >= 0.3 is 0 Å². The number of hydrogen-bond acceptors (Lipinski definition) is 5. The number of aromatic nitrogens is 1. The van der Waals surface area contributed by atoms with Gasteiger partial charge in [-0.2, -0.15) is 0 Å². The number of nitrogens with zero attached hydrogens (tertiary/aromatic N) is 1. The third-order valence-electron chi connectivity index (χ3n) is 4.17. The third kappa shape index (κ3) is 1.73. The Bertz CT molecular complexity index is 978. The van der Waals surface area contributed by atoms with E-state index in [2.05, 4.69) is 4.98 Å². The Morgan fingerprint density at radius 3 is 2.61 bits per heavy atom. The normalized spacial score (nSPS) is 12.2. The summed E-state index contributed by atoms with van der Waals surface area (Å²) in [6.45, 7) is 0. The smallest absolute Gasteiger partial charge is 0.212 e. The molecule has 1 heterocycles. The quantitative estimate of drug-likeness (QED) is 0.616. The van der Waals surface area contributed by atoms with Gasteiger partial charge in [-0.25, -0.2) is 0 Å². The summed E-state index contributed by atoms with van der Waals surface area (Å²) < 4.78 is 10.5. The minimum Gasteiger partial charge on any atom is -0.504 e. The molecule has 3 aromatic rings. The lowest BCUT2D eigenvalue weighted by atomic mass is 9.84. The Kier molecular flexibility index (Phi) is 2.78. The lowest BCUT2D eigenvalue weighted by Crippen LogP contribution is -2.12. The van der Waals surface area contributed by atoms with Crippen LogP contribution in [0.2, 0.25) is 0 Å². The average molecular weight is 307 g/mol. The zero-order chi connectivity index (χ0) is 16.1. The maximum absolute atomic E-state index is 12.8. The number of ether oxygens (including phenoxy) is 2. The van der Waals surface area contributed by atoms with Gasteiger partial charge < -0.3 is 14.6 Å². The molecular formula is C18H13NO4. The fraction of sp³-hybridized carbons (Fsp3) is 0.111. The van der Waals surface area contributed by atoms with Crippen LogP contribution in [0.3, 0.4) is 0 Å². The number of benzene rings is 2. The van der Waals surface area contributed by atoms with E-state index in [1.165, 1.54) is 7.11 Å². The van der Waals surface area contributed by atoms with Crippen LogP contribution in [0, 0.1) is 0 Å². The van der Waals surface area contributed by atoms with Gasteiger partial charge in [0.1, 0.15) is 11.4 Å². The van der Waals surface area contributed by atoms with Crippen molar-refractivity contribution in [1.29, 1.82) is 0 Å². The molecule has 1 N–H and O–H groups in total. The summed E-state index contributed by atoms with van der Waals surface area (Å²) in [5, 5.41) is 12.1. The number of ketones is 1. The van der Waals surface area contributed by atoms with Crippen molar-refractivity contribution >= 4 is 16.6 Å². The summed E-state index contributed by atoms with van der Waals surface area (Å²) in [6.07, 6.45) is 1.58. The number of fused-ring (bicyclic) bond motifs is 2. The minimum absolute atomic E-state index is 0.00756. The Morgan fingerprint density at radius 2 is 1.87 bits per heavy atom. The molecule has 0 bridgehead atoms. The largest absolute Gasteiger partial charge is 0.504 e. The van der Waals surface area contributed by atoms with Crippen LogP contribution in [0.1, 0.15) is 16.1 Å². The standard InChI is InChI=1S/C18H13NO4/c1-22-10-3-4-11-12(8-10)17(20)16-14-9(5-6-19-16)7-13(23-2)18(21)15(11)14/h3-8,21H,1-2H3. The Labute approximate surface area is 132 Å². The molecule has 5 heteroatoms. The van der Waals surface area contributed by atoms with Gasteiger partial charge in [-0.05, 0) is 41.3 Å².